The first-order valence-electron chi connectivity index (χ1n) is 7.52. The third-order valence-electron chi connectivity index (χ3n) is 4.45. The second kappa shape index (κ2) is 6.54. The molecule has 20 heavy (non-hydrogen) atoms. The first-order valence-corrected chi connectivity index (χ1v) is 7.52. The van der Waals surface area contributed by atoms with Gasteiger partial charge < -0.3 is 16.4 Å². The highest BCUT2D eigenvalue weighted by molar-refractivity contribution is 5.83. The number of carbonyl (C=O) groups is 2. The van der Waals surface area contributed by atoms with Crippen molar-refractivity contribution < 1.29 is 9.59 Å². The molecule has 2 rings (SSSR count). The van der Waals surface area contributed by atoms with Crippen LogP contribution < -0.4 is 16.4 Å². The first-order chi connectivity index (χ1) is 9.49. The number of nitrogens with two attached hydrogens (primary N) is 1. The number of nitrogens with one attached hydrogen (secondary N) is 2. The van der Waals surface area contributed by atoms with Gasteiger partial charge in [-0.25, -0.2) is 0 Å². The minimum absolute atomic E-state index is 0.165. The molecule has 6 heteroatoms. The van der Waals surface area contributed by atoms with Crippen molar-refractivity contribution >= 4 is 11.8 Å². The van der Waals surface area contributed by atoms with E-state index in [9.17, 15) is 9.59 Å². The lowest BCUT2D eigenvalue weighted by Gasteiger charge is -2.36. The van der Waals surface area contributed by atoms with Gasteiger partial charge in [-0.15, -0.1) is 0 Å². The molecule has 2 aliphatic heterocycles. The van der Waals surface area contributed by atoms with Crippen LogP contribution in [0.1, 0.15) is 32.6 Å². The summed E-state index contributed by atoms with van der Waals surface area (Å²) in [6, 6.07) is 0.227. The van der Waals surface area contributed by atoms with Crippen LogP contribution in [0.25, 0.3) is 0 Å². The zero-order valence-electron chi connectivity index (χ0n) is 12.3. The van der Waals surface area contributed by atoms with Gasteiger partial charge in [0, 0.05) is 25.7 Å². The van der Waals surface area contributed by atoms with Crippen molar-refractivity contribution in [3.05, 3.63) is 0 Å². The molecule has 1 atom stereocenters. The fourth-order valence-corrected chi connectivity index (χ4v) is 3.07. The molecular formula is C14H26N4O2. The standard InChI is InChI=1S/C14H26N4O2/c1-14(5-2-6-16-10-14)13(20)17-11-3-7-18(8-4-11)9-12(15)19/h11,16H,2-10H2,1H3,(H2,15,19)(H,17,20). The molecule has 0 aromatic carbocycles. The van der Waals surface area contributed by atoms with Gasteiger partial charge in [-0.3, -0.25) is 14.5 Å². The van der Waals surface area contributed by atoms with Crippen LogP contribution in [0, 0.1) is 5.41 Å². The average Bonchev–Trinajstić information content (AvgIpc) is 2.41. The SMILES string of the molecule is CC1(C(=O)NC2CCN(CC(N)=O)CC2)CCCNC1. The van der Waals surface area contributed by atoms with Crippen LogP contribution in [0.2, 0.25) is 0 Å². The third kappa shape index (κ3) is 3.93. The Bertz CT molecular complexity index is 358. The summed E-state index contributed by atoms with van der Waals surface area (Å²) in [7, 11) is 0. The Hall–Kier alpha value is -1.14. The molecule has 2 aliphatic rings. The number of primary amides is 1. The van der Waals surface area contributed by atoms with E-state index in [4.69, 9.17) is 5.73 Å². The summed E-state index contributed by atoms with van der Waals surface area (Å²) >= 11 is 0. The van der Waals surface area contributed by atoms with Crippen molar-refractivity contribution in [1.29, 1.82) is 0 Å². The number of hydrogen-bond acceptors (Lipinski definition) is 4. The number of carbonyl (C=O) groups excluding carboxylic acids is 2. The molecule has 0 aliphatic carbocycles. The van der Waals surface area contributed by atoms with E-state index in [1.54, 1.807) is 0 Å². The van der Waals surface area contributed by atoms with E-state index in [1.807, 2.05) is 6.92 Å². The predicted molar refractivity (Wildman–Crippen MR) is 77.0 cm³/mol. The maximum absolute atomic E-state index is 12.4. The van der Waals surface area contributed by atoms with Crippen LogP contribution in [0.3, 0.4) is 0 Å². The van der Waals surface area contributed by atoms with E-state index in [1.165, 1.54) is 0 Å². The molecule has 2 heterocycles. The molecule has 0 saturated carbocycles. The lowest BCUT2D eigenvalue weighted by Crippen LogP contribution is -2.53. The van der Waals surface area contributed by atoms with Crippen molar-refractivity contribution in [2.24, 2.45) is 11.1 Å². The average molecular weight is 282 g/mol. The van der Waals surface area contributed by atoms with Crippen LogP contribution >= 0.6 is 0 Å². The Morgan fingerprint density at radius 2 is 2.10 bits per heavy atom. The fraction of sp³-hybridized carbons (Fsp3) is 0.857. The molecule has 114 valence electrons. The lowest BCUT2D eigenvalue weighted by atomic mass is 9.81. The molecule has 2 amide bonds. The maximum atomic E-state index is 12.4. The Morgan fingerprint density at radius 1 is 1.40 bits per heavy atom. The van der Waals surface area contributed by atoms with Crippen LogP contribution in [0.4, 0.5) is 0 Å². The topological polar surface area (TPSA) is 87.5 Å². The molecule has 0 aromatic heterocycles. The molecule has 1 unspecified atom stereocenters. The highest BCUT2D eigenvalue weighted by Gasteiger charge is 2.36. The van der Waals surface area contributed by atoms with Crippen molar-refractivity contribution in [3.8, 4) is 0 Å². The summed E-state index contributed by atoms with van der Waals surface area (Å²) in [5.74, 6) is -0.119. The van der Waals surface area contributed by atoms with Gasteiger partial charge in [-0.05, 0) is 39.2 Å². The van der Waals surface area contributed by atoms with E-state index in [-0.39, 0.29) is 23.3 Å². The minimum atomic E-state index is -0.284. The van der Waals surface area contributed by atoms with Crippen LogP contribution in [0.15, 0.2) is 0 Å². The largest absolute Gasteiger partial charge is 0.369 e. The van der Waals surface area contributed by atoms with E-state index in [0.717, 1.165) is 51.9 Å². The van der Waals surface area contributed by atoms with Gasteiger partial charge in [0.2, 0.25) is 11.8 Å². The summed E-state index contributed by atoms with van der Waals surface area (Å²) < 4.78 is 0. The molecule has 0 aromatic rings. The molecular weight excluding hydrogens is 256 g/mol. The van der Waals surface area contributed by atoms with E-state index < -0.39 is 0 Å². The normalized spacial score (nSPS) is 29.1. The quantitative estimate of drug-likeness (QED) is 0.645. The number of likely N-dealkylation sites (tertiary alicyclic amines) is 1. The summed E-state index contributed by atoms with van der Waals surface area (Å²) in [6.07, 6.45) is 3.79. The summed E-state index contributed by atoms with van der Waals surface area (Å²) in [5, 5.41) is 6.48. The van der Waals surface area contributed by atoms with E-state index in [0.29, 0.717) is 6.54 Å². The minimum Gasteiger partial charge on any atom is -0.369 e. The second-order valence-electron chi connectivity index (χ2n) is 6.33. The van der Waals surface area contributed by atoms with E-state index >= 15 is 0 Å². The molecule has 2 fully saturated rings. The molecule has 2 saturated heterocycles. The number of piperidine rings is 2. The molecule has 6 nitrogen and oxygen atoms in total. The van der Waals surface area contributed by atoms with Gasteiger partial charge >= 0.3 is 0 Å². The van der Waals surface area contributed by atoms with Crippen molar-refractivity contribution in [1.82, 2.24) is 15.5 Å². The monoisotopic (exact) mass is 282 g/mol. The number of rotatable bonds is 4. The van der Waals surface area contributed by atoms with Crippen molar-refractivity contribution in [3.63, 3.8) is 0 Å². The Morgan fingerprint density at radius 3 is 2.65 bits per heavy atom. The molecule has 0 spiro atoms. The Kier molecular flexibility index (Phi) is 4.99. The van der Waals surface area contributed by atoms with Gasteiger partial charge in [-0.1, -0.05) is 0 Å². The van der Waals surface area contributed by atoms with Gasteiger partial charge in [0.15, 0.2) is 0 Å². The van der Waals surface area contributed by atoms with Crippen molar-refractivity contribution in [2.75, 3.05) is 32.7 Å². The van der Waals surface area contributed by atoms with Crippen LogP contribution in [0.5, 0.6) is 0 Å². The van der Waals surface area contributed by atoms with Crippen molar-refractivity contribution in [2.45, 2.75) is 38.6 Å². The summed E-state index contributed by atoms with van der Waals surface area (Å²) in [4.78, 5) is 25.3. The van der Waals surface area contributed by atoms with Gasteiger partial charge in [-0.2, -0.15) is 0 Å². The summed E-state index contributed by atoms with van der Waals surface area (Å²) in [5.41, 5.74) is 4.92. The second-order valence-corrected chi connectivity index (χ2v) is 6.33. The maximum Gasteiger partial charge on any atom is 0.231 e. The third-order valence-corrected chi connectivity index (χ3v) is 4.45. The molecule has 0 bridgehead atoms. The van der Waals surface area contributed by atoms with Gasteiger partial charge in [0.05, 0.1) is 12.0 Å². The zero-order valence-corrected chi connectivity index (χ0v) is 12.3. The Balaban J connectivity index is 1.77. The predicted octanol–water partition coefficient (Wildman–Crippen LogP) is -0.558. The highest BCUT2D eigenvalue weighted by Crippen LogP contribution is 2.26. The smallest absolute Gasteiger partial charge is 0.231 e. The molecule has 0 radical (unpaired) electrons. The first kappa shape index (κ1) is 15.3. The zero-order chi connectivity index (χ0) is 14.6. The lowest BCUT2D eigenvalue weighted by molar-refractivity contribution is -0.132. The number of amides is 2. The molecule has 4 N–H and O–H groups in total. The summed E-state index contributed by atoms with van der Waals surface area (Å²) in [6.45, 7) is 5.78. The van der Waals surface area contributed by atoms with Crippen LogP contribution in [-0.4, -0.2) is 55.5 Å². The van der Waals surface area contributed by atoms with E-state index in [2.05, 4.69) is 15.5 Å². The highest BCUT2D eigenvalue weighted by atomic mass is 16.2. The van der Waals surface area contributed by atoms with Crippen LogP contribution in [-0.2, 0) is 9.59 Å². The van der Waals surface area contributed by atoms with Gasteiger partial charge in [0.25, 0.3) is 0 Å². The fourth-order valence-electron chi connectivity index (χ4n) is 3.07. The van der Waals surface area contributed by atoms with Gasteiger partial charge in [0.1, 0.15) is 0 Å². The number of hydrogen-bond donors (Lipinski definition) is 3. The Labute approximate surface area is 120 Å². The number of nitrogens with zero attached hydrogens (tertiary/aromatic N) is 1.